The number of fused-ring (bicyclic) bond motifs is 1. The van der Waals surface area contributed by atoms with Gasteiger partial charge in [-0.2, -0.15) is 0 Å². The first-order chi connectivity index (χ1) is 10.9. The van der Waals surface area contributed by atoms with E-state index in [0.29, 0.717) is 0 Å². The summed E-state index contributed by atoms with van der Waals surface area (Å²) >= 11 is 1.63. The molecule has 1 N–H and O–H groups in total. The zero-order chi connectivity index (χ0) is 16.7. The predicted octanol–water partition coefficient (Wildman–Crippen LogP) is 4.18. The van der Waals surface area contributed by atoms with Gasteiger partial charge in [-0.1, -0.05) is 30.7 Å². The minimum Gasteiger partial charge on any atom is -0.481 e. The van der Waals surface area contributed by atoms with Crippen molar-refractivity contribution in [3.8, 4) is 11.3 Å². The van der Waals surface area contributed by atoms with Gasteiger partial charge >= 0.3 is 5.97 Å². The van der Waals surface area contributed by atoms with E-state index < -0.39 is 5.97 Å². The molecule has 0 saturated heterocycles. The molecule has 0 saturated carbocycles. The van der Waals surface area contributed by atoms with Gasteiger partial charge in [0.1, 0.15) is 0 Å². The molecule has 0 atom stereocenters. The molecule has 3 rings (SSSR count). The Bertz CT molecular complexity index is 906. The summed E-state index contributed by atoms with van der Waals surface area (Å²) in [5, 5.41) is 9.36. The van der Waals surface area contributed by atoms with Gasteiger partial charge < -0.3 is 5.11 Å². The molecule has 1 aromatic carbocycles. The molecule has 2 heterocycles. The number of hydrogen-bond acceptors (Lipinski definition) is 3. The summed E-state index contributed by atoms with van der Waals surface area (Å²) in [6.45, 7) is 8.26. The molecule has 0 aliphatic rings. The smallest absolute Gasteiger partial charge is 0.309 e. The van der Waals surface area contributed by atoms with Crippen LogP contribution in [0.5, 0.6) is 0 Å². The lowest BCUT2D eigenvalue weighted by atomic mass is 10.0. The predicted molar refractivity (Wildman–Crippen MR) is 93.4 cm³/mol. The number of hydrogen-bond donors (Lipinski definition) is 1. The number of rotatable bonds is 4. The second-order valence-corrected chi connectivity index (χ2v) is 7.05. The van der Waals surface area contributed by atoms with Crippen LogP contribution in [0.3, 0.4) is 0 Å². The van der Waals surface area contributed by atoms with Crippen LogP contribution in [0.1, 0.15) is 34.3 Å². The number of carboxylic acids is 1. The summed E-state index contributed by atoms with van der Waals surface area (Å²) in [4.78, 5) is 18.3. The standard InChI is InChI=1S/C18H20N2O2S/c1-5-14-12(4)23-18-19-17(15(20(14)18)9-16(21)22)13-7-6-10(2)8-11(13)3/h6-8H,5,9H2,1-4H3,(H,21,22). The highest BCUT2D eigenvalue weighted by molar-refractivity contribution is 7.17. The van der Waals surface area contributed by atoms with Crippen molar-refractivity contribution in [2.45, 2.75) is 40.5 Å². The summed E-state index contributed by atoms with van der Waals surface area (Å²) in [6.07, 6.45) is 0.841. The normalized spacial score (nSPS) is 11.3. The van der Waals surface area contributed by atoms with Crippen LogP contribution in [0.2, 0.25) is 0 Å². The summed E-state index contributed by atoms with van der Waals surface area (Å²) in [5.41, 5.74) is 6.06. The number of thiazole rings is 1. The van der Waals surface area contributed by atoms with Crippen LogP contribution < -0.4 is 0 Å². The van der Waals surface area contributed by atoms with Crippen molar-refractivity contribution in [3.63, 3.8) is 0 Å². The number of aromatic nitrogens is 2. The van der Waals surface area contributed by atoms with Crippen molar-refractivity contribution >= 4 is 22.3 Å². The lowest BCUT2D eigenvalue weighted by molar-refractivity contribution is -0.136. The molecule has 2 aromatic heterocycles. The molecule has 0 unspecified atom stereocenters. The van der Waals surface area contributed by atoms with Crippen LogP contribution in [0.4, 0.5) is 0 Å². The van der Waals surface area contributed by atoms with Crippen LogP contribution in [-0.2, 0) is 17.6 Å². The number of aliphatic carboxylic acids is 1. The van der Waals surface area contributed by atoms with Crippen molar-refractivity contribution in [2.75, 3.05) is 0 Å². The lowest BCUT2D eigenvalue weighted by Crippen LogP contribution is -2.06. The minimum absolute atomic E-state index is 0.0208. The van der Waals surface area contributed by atoms with Gasteiger partial charge in [-0.25, -0.2) is 4.98 Å². The molecular weight excluding hydrogens is 308 g/mol. The van der Waals surface area contributed by atoms with Crippen molar-refractivity contribution in [1.82, 2.24) is 9.38 Å². The maximum atomic E-state index is 11.4. The second kappa shape index (κ2) is 5.81. The Morgan fingerprint density at radius 3 is 2.61 bits per heavy atom. The lowest BCUT2D eigenvalue weighted by Gasteiger charge is -2.08. The quantitative estimate of drug-likeness (QED) is 0.782. The van der Waals surface area contributed by atoms with E-state index in [9.17, 15) is 9.90 Å². The van der Waals surface area contributed by atoms with Crippen molar-refractivity contribution < 1.29 is 9.90 Å². The second-order valence-electron chi connectivity index (χ2n) is 5.87. The van der Waals surface area contributed by atoms with Gasteiger partial charge in [0.05, 0.1) is 17.8 Å². The third-order valence-corrected chi connectivity index (χ3v) is 5.15. The first kappa shape index (κ1) is 15.7. The van der Waals surface area contributed by atoms with Gasteiger partial charge in [0.2, 0.25) is 0 Å². The van der Waals surface area contributed by atoms with E-state index in [2.05, 4.69) is 26.8 Å². The highest BCUT2D eigenvalue weighted by Crippen LogP contribution is 2.33. The number of benzene rings is 1. The van der Waals surface area contributed by atoms with E-state index in [1.165, 1.54) is 10.4 Å². The summed E-state index contributed by atoms with van der Waals surface area (Å²) in [5.74, 6) is -0.830. The van der Waals surface area contributed by atoms with Gasteiger partial charge in [-0.05, 0) is 32.8 Å². The van der Waals surface area contributed by atoms with Crippen LogP contribution in [0.25, 0.3) is 16.2 Å². The molecule has 0 fully saturated rings. The monoisotopic (exact) mass is 328 g/mol. The topological polar surface area (TPSA) is 54.6 Å². The highest BCUT2D eigenvalue weighted by Gasteiger charge is 2.22. The van der Waals surface area contributed by atoms with Crippen molar-refractivity contribution in [2.24, 2.45) is 0 Å². The third-order valence-electron chi connectivity index (χ3n) is 4.15. The van der Waals surface area contributed by atoms with E-state index in [1.54, 1.807) is 11.3 Å². The van der Waals surface area contributed by atoms with Crippen molar-refractivity contribution in [3.05, 3.63) is 45.6 Å². The average Bonchev–Trinajstić information content (AvgIpc) is 2.94. The molecule has 0 amide bonds. The SMILES string of the molecule is CCc1c(C)sc2nc(-c3ccc(C)cc3C)c(CC(=O)O)n12. The summed E-state index contributed by atoms with van der Waals surface area (Å²) in [7, 11) is 0. The first-order valence-corrected chi connectivity index (χ1v) is 8.53. The first-order valence-electron chi connectivity index (χ1n) is 7.71. The zero-order valence-corrected chi connectivity index (χ0v) is 14.6. The molecule has 5 heteroatoms. The Balaban J connectivity index is 2.31. The van der Waals surface area contributed by atoms with Crippen LogP contribution in [-0.4, -0.2) is 20.5 Å². The summed E-state index contributed by atoms with van der Waals surface area (Å²) < 4.78 is 2.04. The van der Waals surface area contributed by atoms with Gasteiger partial charge in [0.15, 0.2) is 4.96 Å². The Hall–Kier alpha value is -2.14. The van der Waals surface area contributed by atoms with Gasteiger partial charge in [0.25, 0.3) is 0 Å². The molecule has 0 spiro atoms. The molecule has 120 valence electrons. The fourth-order valence-electron chi connectivity index (χ4n) is 3.14. The highest BCUT2D eigenvalue weighted by atomic mass is 32.1. The van der Waals surface area contributed by atoms with Gasteiger partial charge in [0, 0.05) is 16.1 Å². The Kier molecular flexibility index (Phi) is 3.98. The maximum Gasteiger partial charge on any atom is 0.309 e. The molecule has 0 radical (unpaired) electrons. The van der Waals surface area contributed by atoms with E-state index in [-0.39, 0.29) is 6.42 Å². The molecular formula is C18H20N2O2S. The zero-order valence-electron chi connectivity index (χ0n) is 13.8. The Labute approximate surface area is 139 Å². The fraction of sp³-hybridized carbons (Fsp3) is 0.333. The number of carbonyl (C=O) groups is 1. The van der Waals surface area contributed by atoms with Gasteiger partial charge in [-0.15, -0.1) is 11.3 Å². The molecule has 0 aliphatic heterocycles. The number of aryl methyl sites for hydroxylation is 4. The fourth-order valence-corrected chi connectivity index (χ4v) is 4.22. The van der Waals surface area contributed by atoms with E-state index >= 15 is 0 Å². The number of carboxylic acid groups (broad SMARTS) is 1. The largest absolute Gasteiger partial charge is 0.481 e. The molecule has 23 heavy (non-hydrogen) atoms. The average molecular weight is 328 g/mol. The van der Waals surface area contributed by atoms with E-state index in [1.807, 2.05) is 23.5 Å². The maximum absolute atomic E-state index is 11.4. The molecule has 0 bridgehead atoms. The third kappa shape index (κ3) is 2.65. The molecule has 4 nitrogen and oxygen atoms in total. The number of nitrogens with zero attached hydrogens (tertiary/aromatic N) is 2. The van der Waals surface area contributed by atoms with Crippen LogP contribution >= 0.6 is 11.3 Å². The minimum atomic E-state index is -0.830. The molecule has 0 aliphatic carbocycles. The van der Waals surface area contributed by atoms with Gasteiger partial charge in [-0.3, -0.25) is 9.20 Å². The van der Waals surface area contributed by atoms with Crippen LogP contribution in [0.15, 0.2) is 18.2 Å². The Morgan fingerprint density at radius 1 is 1.26 bits per heavy atom. The van der Waals surface area contributed by atoms with Crippen LogP contribution in [0, 0.1) is 20.8 Å². The van der Waals surface area contributed by atoms with Crippen molar-refractivity contribution in [1.29, 1.82) is 0 Å². The molecule has 3 aromatic rings. The van der Waals surface area contributed by atoms with E-state index in [0.717, 1.165) is 39.6 Å². The number of imidazole rings is 1. The summed E-state index contributed by atoms with van der Waals surface area (Å²) in [6, 6.07) is 6.20. The Morgan fingerprint density at radius 2 is 2.00 bits per heavy atom. The van der Waals surface area contributed by atoms with E-state index in [4.69, 9.17) is 4.98 Å².